The second-order valence-corrected chi connectivity index (χ2v) is 13.5. The Morgan fingerprint density at radius 3 is 2.23 bits per heavy atom. The van der Waals surface area contributed by atoms with E-state index in [4.69, 9.17) is 0 Å². The molecule has 3 aromatic rings. The molecule has 0 spiro atoms. The average Bonchev–Trinajstić information content (AvgIpc) is 3.64. The molecule has 0 bridgehead atoms. The first-order valence-corrected chi connectivity index (χ1v) is 17.0. The van der Waals surface area contributed by atoms with Crippen LogP contribution in [-0.4, -0.2) is 65.7 Å². The summed E-state index contributed by atoms with van der Waals surface area (Å²) in [5, 5.41) is 5.41. The summed E-state index contributed by atoms with van der Waals surface area (Å²) < 4.78 is 0. The van der Waals surface area contributed by atoms with E-state index in [0.29, 0.717) is 18.7 Å². The number of hydrogen-bond acceptors (Lipinski definition) is 5. The average molecular weight is 610 g/mol. The summed E-state index contributed by atoms with van der Waals surface area (Å²) in [4.78, 5) is 49.3. The zero-order valence-corrected chi connectivity index (χ0v) is 26.6. The first-order chi connectivity index (χ1) is 21.5. The van der Waals surface area contributed by atoms with Crippen LogP contribution in [-0.2, 0) is 9.59 Å². The Bertz CT molecular complexity index is 1500. The van der Waals surface area contributed by atoms with Gasteiger partial charge in [-0.05, 0) is 54.8 Å². The van der Waals surface area contributed by atoms with Gasteiger partial charge in [-0.25, -0.2) is 0 Å². The van der Waals surface area contributed by atoms with Crippen LogP contribution in [0, 0.1) is 25.7 Å². The van der Waals surface area contributed by atoms with E-state index in [0.717, 1.165) is 66.8 Å². The van der Waals surface area contributed by atoms with E-state index in [1.807, 2.05) is 88.9 Å². The highest BCUT2D eigenvalue weighted by atomic mass is 32.1. The monoisotopic (exact) mass is 609 g/mol. The highest BCUT2D eigenvalue weighted by molar-refractivity contribution is 7.10. The lowest BCUT2D eigenvalue weighted by Crippen LogP contribution is -2.56. The van der Waals surface area contributed by atoms with E-state index in [-0.39, 0.29) is 23.5 Å². The van der Waals surface area contributed by atoms with Gasteiger partial charge in [-0.3, -0.25) is 14.4 Å². The van der Waals surface area contributed by atoms with Crippen LogP contribution in [0.5, 0.6) is 0 Å². The van der Waals surface area contributed by atoms with Crippen LogP contribution in [0.2, 0.25) is 0 Å². The molecular formula is C37H43N3O3S. The van der Waals surface area contributed by atoms with Crippen molar-refractivity contribution in [2.45, 2.75) is 64.0 Å². The third-order valence-corrected chi connectivity index (χ3v) is 10.9. The Morgan fingerprint density at radius 2 is 1.55 bits per heavy atom. The zero-order valence-electron chi connectivity index (χ0n) is 25.8. The molecule has 3 heterocycles. The molecule has 1 aliphatic carbocycles. The van der Waals surface area contributed by atoms with E-state index < -0.39 is 23.9 Å². The molecule has 6 nitrogen and oxygen atoms in total. The van der Waals surface area contributed by atoms with Gasteiger partial charge in [0, 0.05) is 48.5 Å². The van der Waals surface area contributed by atoms with E-state index in [1.165, 1.54) is 0 Å². The number of nitrogens with one attached hydrogen (secondary N) is 1. The van der Waals surface area contributed by atoms with E-state index in [1.54, 1.807) is 11.3 Å². The molecule has 2 aliphatic heterocycles. The Labute approximate surface area is 265 Å². The van der Waals surface area contributed by atoms with Gasteiger partial charge in [-0.15, -0.1) is 11.3 Å². The van der Waals surface area contributed by atoms with Crippen LogP contribution in [0.15, 0.2) is 72.1 Å². The second kappa shape index (κ2) is 13.6. The topological polar surface area (TPSA) is 69.7 Å². The van der Waals surface area contributed by atoms with Gasteiger partial charge in [0.05, 0.1) is 12.0 Å². The van der Waals surface area contributed by atoms with Gasteiger partial charge in [0.1, 0.15) is 6.04 Å². The molecule has 1 saturated carbocycles. The lowest BCUT2D eigenvalue weighted by molar-refractivity contribution is -0.148. The Balaban J connectivity index is 1.55. The number of piperazine rings is 1. The van der Waals surface area contributed by atoms with Gasteiger partial charge in [0.25, 0.3) is 0 Å². The Kier molecular flexibility index (Phi) is 9.43. The molecule has 1 aromatic heterocycles. The zero-order chi connectivity index (χ0) is 30.6. The summed E-state index contributed by atoms with van der Waals surface area (Å²) in [6.07, 6.45) is 8.90. The number of rotatable bonds is 7. The van der Waals surface area contributed by atoms with Crippen molar-refractivity contribution in [1.82, 2.24) is 15.1 Å². The number of nitrogens with zero attached hydrogens (tertiary/aromatic N) is 2. The van der Waals surface area contributed by atoms with Crippen molar-refractivity contribution in [3.63, 3.8) is 0 Å². The standard InChI is InChI=1S/C37H43N3O3S/c1-25-11-9-10-16-29(25)34(41)31-30(18-17-27-12-5-3-6-13-27)40(36(42)28-14-7-4-8-15-28)33(32(31)35-26(2)19-24-44-35)37(43)39-22-20-38-21-23-39/h3,5-6,9-13,16-19,24,28,30-33,38H,4,7-8,14-15,20-23H2,1-2H3. The lowest BCUT2D eigenvalue weighted by Gasteiger charge is -2.37. The summed E-state index contributed by atoms with van der Waals surface area (Å²) in [6, 6.07) is 18.5. The van der Waals surface area contributed by atoms with Crippen molar-refractivity contribution in [3.05, 3.63) is 99.3 Å². The number of thiophene rings is 1. The molecule has 3 fully saturated rings. The number of carbonyl (C=O) groups is 3. The molecule has 0 radical (unpaired) electrons. The van der Waals surface area contributed by atoms with Gasteiger partial charge >= 0.3 is 0 Å². The molecule has 2 saturated heterocycles. The summed E-state index contributed by atoms with van der Waals surface area (Å²) in [7, 11) is 0. The molecule has 230 valence electrons. The molecule has 2 aromatic carbocycles. The van der Waals surface area contributed by atoms with Crippen molar-refractivity contribution in [2.24, 2.45) is 11.8 Å². The predicted molar refractivity (Wildman–Crippen MR) is 177 cm³/mol. The van der Waals surface area contributed by atoms with Crippen molar-refractivity contribution in [3.8, 4) is 0 Å². The number of hydrogen-bond donors (Lipinski definition) is 1. The Hall–Kier alpha value is -3.55. The first kappa shape index (κ1) is 30.5. The number of likely N-dealkylation sites (tertiary alicyclic amines) is 1. The predicted octanol–water partition coefficient (Wildman–Crippen LogP) is 6.25. The minimum Gasteiger partial charge on any atom is -0.338 e. The summed E-state index contributed by atoms with van der Waals surface area (Å²) >= 11 is 1.60. The number of carbonyl (C=O) groups excluding carboxylic acids is 3. The second-order valence-electron chi connectivity index (χ2n) is 12.6. The lowest BCUT2D eigenvalue weighted by atomic mass is 9.78. The van der Waals surface area contributed by atoms with Gasteiger partial charge in [-0.2, -0.15) is 0 Å². The van der Waals surface area contributed by atoms with Crippen molar-refractivity contribution in [1.29, 1.82) is 0 Å². The number of Topliss-reactive ketones (excluding diaryl/α,β-unsaturated/α-hetero) is 1. The normalized spacial score (nSPS) is 24.6. The highest BCUT2D eigenvalue weighted by Gasteiger charge is 2.58. The van der Waals surface area contributed by atoms with Gasteiger partial charge in [0.15, 0.2) is 5.78 Å². The van der Waals surface area contributed by atoms with Crippen LogP contribution >= 0.6 is 11.3 Å². The third-order valence-electron chi connectivity index (χ3n) is 9.81. The smallest absolute Gasteiger partial charge is 0.246 e. The van der Waals surface area contributed by atoms with Gasteiger partial charge in [-0.1, -0.05) is 86.0 Å². The SMILES string of the molecule is Cc1ccccc1C(=O)C1C(c2sccc2C)C(C(=O)N2CCNCC2)N(C(=O)C2CCCCC2)C1C=Cc1ccccc1. The van der Waals surface area contributed by atoms with E-state index in [2.05, 4.69) is 18.3 Å². The van der Waals surface area contributed by atoms with Crippen molar-refractivity contribution in [2.75, 3.05) is 26.2 Å². The van der Waals surface area contributed by atoms with Crippen LogP contribution in [0.25, 0.3) is 6.08 Å². The number of amides is 2. The maximum Gasteiger partial charge on any atom is 0.246 e. The number of aryl methyl sites for hydroxylation is 2. The summed E-state index contributed by atoms with van der Waals surface area (Å²) in [5.41, 5.74) is 3.64. The van der Waals surface area contributed by atoms with Crippen LogP contribution < -0.4 is 5.32 Å². The molecule has 44 heavy (non-hydrogen) atoms. The van der Waals surface area contributed by atoms with E-state index >= 15 is 0 Å². The maximum absolute atomic E-state index is 14.9. The molecule has 4 atom stereocenters. The summed E-state index contributed by atoms with van der Waals surface area (Å²) in [5.74, 6) is -1.18. The molecule has 1 N–H and O–H groups in total. The number of ketones is 1. The third kappa shape index (κ3) is 6.04. The van der Waals surface area contributed by atoms with E-state index in [9.17, 15) is 14.4 Å². The molecule has 6 rings (SSSR count). The number of benzene rings is 2. The van der Waals surface area contributed by atoms with Crippen molar-refractivity contribution >= 4 is 35.0 Å². The molecule has 3 aliphatic rings. The Morgan fingerprint density at radius 1 is 0.841 bits per heavy atom. The van der Waals surface area contributed by atoms with Gasteiger partial charge in [0.2, 0.25) is 11.8 Å². The molecule has 7 heteroatoms. The quantitative estimate of drug-likeness (QED) is 0.322. The fourth-order valence-corrected chi connectivity index (χ4v) is 8.60. The minimum absolute atomic E-state index is 0.000617. The molecule has 4 unspecified atom stereocenters. The largest absolute Gasteiger partial charge is 0.338 e. The molecular weight excluding hydrogens is 566 g/mol. The van der Waals surface area contributed by atoms with Crippen molar-refractivity contribution < 1.29 is 14.4 Å². The van der Waals surface area contributed by atoms with Crippen LogP contribution in [0.1, 0.15) is 69.9 Å². The molecule has 2 amide bonds. The van der Waals surface area contributed by atoms with Gasteiger partial charge < -0.3 is 15.1 Å². The highest BCUT2D eigenvalue weighted by Crippen LogP contribution is 2.49. The minimum atomic E-state index is -0.747. The maximum atomic E-state index is 14.9. The van der Waals surface area contributed by atoms with Crippen LogP contribution in [0.3, 0.4) is 0 Å². The summed E-state index contributed by atoms with van der Waals surface area (Å²) in [6.45, 7) is 6.67. The fourth-order valence-electron chi connectivity index (χ4n) is 7.50. The first-order valence-electron chi connectivity index (χ1n) is 16.1. The van der Waals surface area contributed by atoms with Crippen LogP contribution in [0.4, 0.5) is 0 Å². The fraction of sp³-hybridized carbons (Fsp3) is 0.432.